The van der Waals surface area contributed by atoms with Crippen LogP contribution in [-0.2, 0) is 29.1 Å². The van der Waals surface area contributed by atoms with Gasteiger partial charge in [-0.3, -0.25) is 9.59 Å². The van der Waals surface area contributed by atoms with Gasteiger partial charge in [-0.2, -0.15) is 4.31 Å². The van der Waals surface area contributed by atoms with Crippen LogP contribution in [0.1, 0.15) is 6.42 Å². The molecule has 1 fully saturated rings. The number of ether oxygens (including phenoxy) is 2. The first-order valence-corrected chi connectivity index (χ1v) is 9.74. The molecule has 0 radical (unpaired) electrons. The van der Waals surface area contributed by atoms with Crippen molar-refractivity contribution in [3.05, 3.63) is 30.1 Å². The van der Waals surface area contributed by atoms with Gasteiger partial charge < -0.3 is 20.1 Å². The van der Waals surface area contributed by atoms with Crippen molar-refractivity contribution in [2.75, 3.05) is 40.0 Å². The Labute approximate surface area is 156 Å². The number of carbonyl (C=O) groups excluding carboxylic acids is 2. The molecule has 2 rings (SSSR count). The fourth-order valence-corrected chi connectivity index (χ4v) is 4.02. The molecule has 0 aliphatic carbocycles. The van der Waals surface area contributed by atoms with Crippen molar-refractivity contribution >= 4 is 21.8 Å². The van der Waals surface area contributed by atoms with E-state index >= 15 is 0 Å². The summed E-state index contributed by atoms with van der Waals surface area (Å²) in [5, 5.41) is 4.72. The smallest absolute Gasteiger partial charge is 0.309 e. The molecular weight excluding hydrogens is 381 g/mol. The maximum atomic E-state index is 13.1. The lowest BCUT2D eigenvalue weighted by molar-refractivity contribution is -0.140. The molecule has 1 aliphatic heterocycles. The number of sulfonamides is 1. The van der Waals surface area contributed by atoms with E-state index in [1.165, 1.54) is 7.11 Å². The van der Waals surface area contributed by atoms with Crippen LogP contribution >= 0.6 is 0 Å². The summed E-state index contributed by atoms with van der Waals surface area (Å²) in [7, 11) is -2.48. The summed E-state index contributed by atoms with van der Waals surface area (Å²) in [4.78, 5) is 23.4. The van der Waals surface area contributed by atoms with Crippen LogP contribution in [0, 0.1) is 5.82 Å². The number of rotatable bonds is 7. The molecule has 1 aliphatic rings. The van der Waals surface area contributed by atoms with E-state index in [1.807, 2.05) is 0 Å². The molecule has 0 spiro atoms. The molecule has 11 heteroatoms. The molecule has 150 valence electrons. The average molecular weight is 403 g/mol. The van der Waals surface area contributed by atoms with Gasteiger partial charge in [0.1, 0.15) is 12.0 Å². The lowest BCUT2D eigenvalue weighted by Crippen LogP contribution is -2.53. The molecule has 1 atom stereocenters. The molecule has 1 heterocycles. The van der Waals surface area contributed by atoms with Crippen LogP contribution in [0.15, 0.2) is 29.2 Å². The van der Waals surface area contributed by atoms with Gasteiger partial charge in [0.2, 0.25) is 10.0 Å². The van der Waals surface area contributed by atoms with Gasteiger partial charge in [-0.1, -0.05) is 0 Å². The number of methoxy groups -OCH3 is 1. The second kappa shape index (κ2) is 9.74. The summed E-state index contributed by atoms with van der Waals surface area (Å²) in [5.41, 5.74) is 0. The predicted octanol–water partition coefficient (Wildman–Crippen LogP) is -0.558. The summed E-state index contributed by atoms with van der Waals surface area (Å²) in [6, 6.07) is 4.44. The van der Waals surface area contributed by atoms with E-state index in [4.69, 9.17) is 9.47 Å². The van der Waals surface area contributed by atoms with Crippen LogP contribution in [0.2, 0.25) is 0 Å². The number of hydrogen-bond acceptors (Lipinski definition) is 6. The fraction of sp³-hybridized carbons (Fsp3) is 0.500. The van der Waals surface area contributed by atoms with Gasteiger partial charge in [-0.15, -0.1) is 0 Å². The number of hydrogen-bond donors (Lipinski definition) is 2. The lowest BCUT2D eigenvalue weighted by Gasteiger charge is -2.34. The fourth-order valence-electron chi connectivity index (χ4n) is 2.45. The van der Waals surface area contributed by atoms with Crippen molar-refractivity contribution in [2.45, 2.75) is 17.5 Å². The Bertz CT molecular complexity index is 756. The molecule has 1 aromatic rings. The molecule has 1 aromatic carbocycles. The van der Waals surface area contributed by atoms with Crippen LogP contribution in [-0.4, -0.2) is 70.7 Å². The number of carbonyl (C=O) groups is 2. The van der Waals surface area contributed by atoms with E-state index in [-0.39, 0.29) is 31.1 Å². The molecule has 0 bridgehead atoms. The van der Waals surface area contributed by atoms with Gasteiger partial charge >= 0.3 is 11.8 Å². The number of nitrogens with one attached hydrogen (secondary N) is 2. The van der Waals surface area contributed by atoms with Gasteiger partial charge in [0.25, 0.3) is 0 Å². The second-order valence-corrected chi connectivity index (χ2v) is 7.60. The Morgan fingerprint density at radius 3 is 2.59 bits per heavy atom. The van der Waals surface area contributed by atoms with Gasteiger partial charge in [0.15, 0.2) is 0 Å². The number of benzene rings is 1. The molecule has 0 saturated carbocycles. The van der Waals surface area contributed by atoms with Gasteiger partial charge in [0, 0.05) is 20.2 Å². The van der Waals surface area contributed by atoms with Gasteiger partial charge in [-0.05, 0) is 30.7 Å². The molecule has 2 N–H and O–H groups in total. The van der Waals surface area contributed by atoms with Crippen molar-refractivity contribution in [3.8, 4) is 0 Å². The topological polar surface area (TPSA) is 114 Å². The Kier molecular flexibility index (Phi) is 7.66. The predicted molar refractivity (Wildman–Crippen MR) is 92.5 cm³/mol. The summed E-state index contributed by atoms with van der Waals surface area (Å²) < 4.78 is 49.9. The zero-order valence-corrected chi connectivity index (χ0v) is 15.6. The number of amides is 2. The molecular formula is C16H22FN3O6S. The van der Waals surface area contributed by atoms with Crippen LogP contribution in [0.25, 0.3) is 0 Å². The summed E-state index contributed by atoms with van der Waals surface area (Å²) in [6.45, 7) is 0.732. The highest BCUT2D eigenvalue weighted by Crippen LogP contribution is 2.22. The normalized spacial score (nSPS) is 18.1. The van der Waals surface area contributed by atoms with Crippen molar-refractivity contribution in [2.24, 2.45) is 0 Å². The highest BCUT2D eigenvalue weighted by Gasteiger charge is 2.34. The molecule has 27 heavy (non-hydrogen) atoms. The summed E-state index contributed by atoms with van der Waals surface area (Å²) in [6.07, 6.45) is -0.493. The highest BCUT2D eigenvalue weighted by atomic mass is 32.2. The average Bonchev–Trinajstić information content (AvgIpc) is 2.66. The monoisotopic (exact) mass is 403 g/mol. The minimum Gasteiger partial charge on any atom is -0.383 e. The summed E-state index contributed by atoms with van der Waals surface area (Å²) in [5.74, 6) is -2.30. The van der Waals surface area contributed by atoms with Crippen LogP contribution in [0.4, 0.5) is 4.39 Å². The van der Waals surface area contributed by atoms with E-state index in [1.54, 1.807) is 0 Å². The van der Waals surface area contributed by atoms with Crippen LogP contribution in [0.5, 0.6) is 0 Å². The highest BCUT2D eigenvalue weighted by molar-refractivity contribution is 7.89. The Morgan fingerprint density at radius 2 is 1.93 bits per heavy atom. The second-order valence-electron chi connectivity index (χ2n) is 5.71. The maximum Gasteiger partial charge on any atom is 0.309 e. The molecule has 2 amide bonds. The van der Waals surface area contributed by atoms with Gasteiger partial charge in [-0.25, -0.2) is 12.8 Å². The first-order chi connectivity index (χ1) is 12.9. The van der Waals surface area contributed by atoms with Crippen molar-refractivity contribution < 1.29 is 31.9 Å². The molecule has 9 nitrogen and oxygen atoms in total. The van der Waals surface area contributed by atoms with E-state index in [2.05, 4.69) is 10.6 Å². The van der Waals surface area contributed by atoms with E-state index < -0.39 is 33.9 Å². The Balaban J connectivity index is 2.01. The largest absolute Gasteiger partial charge is 0.383 e. The van der Waals surface area contributed by atoms with E-state index in [0.717, 1.165) is 28.6 Å². The Hall–Kier alpha value is -2.08. The molecule has 1 saturated heterocycles. The lowest BCUT2D eigenvalue weighted by atomic mass is 10.3. The van der Waals surface area contributed by atoms with Crippen LogP contribution in [0.3, 0.4) is 0 Å². The molecule has 0 aromatic heterocycles. The quantitative estimate of drug-likeness (QED) is 0.466. The number of nitrogens with zero attached hydrogens (tertiary/aromatic N) is 1. The SMILES string of the molecule is COCCNC(=O)C(=O)NC[C@@H]1OCCCN1S(=O)(=O)c1ccc(F)cc1. The zero-order chi connectivity index (χ0) is 19.9. The third-order valence-electron chi connectivity index (χ3n) is 3.81. The maximum absolute atomic E-state index is 13.1. The van der Waals surface area contributed by atoms with Crippen LogP contribution < -0.4 is 10.6 Å². The minimum atomic E-state index is -3.94. The standard InChI is InChI=1S/C16H22FN3O6S/c1-25-10-7-18-15(21)16(22)19-11-14-20(8-2-9-26-14)27(23,24)13-5-3-12(17)4-6-13/h3-6,14H,2,7-11H2,1H3,(H,18,21)(H,19,22)/t14-/m0/s1. The van der Waals surface area contributed by atoms with Crippen molar-refractivity contribution in [1.82, 2.24) is 14.9 Å². The minimum absolute atomic E-state index is 0.0805. The van der Waals surface area contributed by atoms with E-state index in [0.29, 0.717) is 13.0 Å². The number of halogens is 1. The first-order valence-electron chi connectivity index (χ1n) is 8.30. The third kappa shape index (κ3) is 5.70. The Morgan fingerprint density at radius 1 is 1.26 bits per heavy atom. The van der Waals surface area contributed by atoms with Crippen molar-refractivity contribution in [3.63, 3.8) is 0 Å². The zero-order valence-electron chi connectivity index (χ0n) is 14.8. The first kappa shape index (κ1) is 21.2. The van der Waals surface area contributed by atoms with E-state index in [9.17, 15) is 22.4 Å². The van der Waals surface area contributed by atoms with Gasteiger partial charge in [0.05, 0.1) is 24.7 Å². The third-order valence-corrected chi connectivity index (χ3v) is 5.71. The molecule has 0 unspecified atom stereocenters. The van der Waals surface area contributed by atoms with Crippen molar-refractivity contribution in [1.29, 1.82) is 0 Å². The summed E-state index contributed by atoms with van der Waals surface area (Å²) >= 11 is 0.